The van der Waals surface area contributed by atoms with Gasteiger partial charge in [0, 0.05) is 6.42 Å². The van der Waals surface area contributed by atoms with Gasteiger partial charge in [0.05, 0.1) is 24.7 Å². The molecule has 0 saturated heterocycles. The van der Waals surface area contributed by atoms with E-state index < -0.39 is 0 Å². The third-order valence-corrected chi connectivity index (χ3v) is 5.00. The highest BCUT2D eigenvalue weighted by Crippen LogP contribution is 2.26. The number of esters is 1. The minimum atomic E-state index is -0.334. The van der Waals surface area contributed by atoms with E-state index in [0.717, 1.165) is 34.9 Å². The van der Waals surface area contributed by atoms with Crippen LogP contribution in [0.4, 0.5) is 0 Å². The number of carbonyl (C=O) groups excluding carboxylic acids is 1. The molecule has 3 nitrogen and oxygen atoms in total. The fourth-order valence-electron chi connectivity index (χ4n) is 2.89. The molecular formula is C24H29ClO3. The van der Waals surface area contributed by atoms with Crippen LogP contribution in [0.5, 0.6) is 5.75 Å². The number of rotatable bonds is 10. The van der Waals surface area contributed by atoms with Crippen molar-refractivity contribution in [3.8, 4) is 5.75 Å². The zero-order valence-electron chi connectivity index (χ0n) is 17.0. The lowest BCUT2D eigenvalue weighted by atomic mass is 9.98. The first kappa shape index (κ1) is 22.1. The Labute approximate surface area is 173 Å². The highest BCUT2D eigenvalue weighted by molar-refractivity contribution is 6.29. The van der Waals surface area contributed by atoms with Crippen LogP contribution >= 0.6 is 11.6 Å². The summed E-state index contributed by atoms with van der Waals surface area (Å²) in [7, 11) is 1.65. The van der Waals surface area contributed by atoms with E-state index in [1.54, 1.807) is 7.11 Å². The van der Waals surface area contributed by atoms with Gasteiger partial charge in [-0.15, -0.1) is 5.73 Å². The lowest BCUT2D eigenvalue weighted by Gasteiger charge is -2.13. The minimum Gasteiger partial charge on any atom is -0.497 e. The van der Waals surface area contributed by atoms with Crippen molar-refractivity contribution in [1.82, 2.24) is 0 Å². The summed E-state index contributed by atoms with van der Waals surface area (Å²) >= 11 is 6.14. The quantitative estimate of drug-likeness (QED) is 0.251. The number of hydrogen-bond donors (Lipinski definition) is 0. The van der Waals surface area contributed by atoms with E-state index in [4.69, 9.17) is 21.1 Å². The molecule has 0 spiro atoms. The molecule has 0 bridgehead atoms. The van der Waals surface area contributed by atoms with Gasteiger partial charge in [-0.05, 0) is 54.3 Å². The number of hydrogen-bond acceptors (Lipinski definition) is 3. The average Bonchev–Trinajstić information content (AvgIpc) is 2.72. The van der Waals surface area contributed by atoms with Crippen LogP contribution in [-0.4, -0.2) is 19.7 Å². The highest BCUT2D eigenvalue weighted by atomic mass is 35.5. The summed E-state index contributed by atoms with van der Waals surface area (Å²) in [6.45, 7) is 4.30. The number of benzene rings is 2. The van der Waals surface area contributed by atoms with Crippen molar-refractivity contribution >= 4 is 28.3 Å². The highest BCUT2D eigenvalue weighted by Gasteiger charge is 2.17. The Bertz CT molecular complexity index is 850. The zero-order chi connectivity index (χ0) is 20.4. The molecule has 0 radical (unpaired) electrons. The molecule has 1 atom stereocenters. The van der Waals surface area contributed by atoms with Crippen molar-refractivity contribution in [2.45, 2.75) is 51.9 Å². The molecular weight excluding hydrogens is 372 g/mol. The molecule has 0 fully saturated rings. The van der Waals surface area contributed by atoms with Crippen molar-refractivity contribution in [3.63, 3.8) is 0 Å². The number of carbonyl (C=O) groups is 1. The van der Waals surface area contributed by atoms with Crippen molar-refractivity contribution in [2.75, 3.05) is 13.7 Å². The summed E-state index contributed by atoms with van der Waals surface area (Å²) in [5, 5.41) is 2.74. The summed E-state index contributed by atoms with van der Waals surface area (Å²) in [6.07, 6.45) is 7.00. The maximum atomic E-state index is 12.4. The Kier molecular flexibility index (Phi) is 9.13. The number of methoxy groups -OCH3 is 1. The monoisotopic (exact) mass is 400 g/mol. The molecule has 0 saturated carbocycles. The molecule has 0 heterocycles. The standard InChI is InChI=1S/C24H29ClO3/c1-4-5-6-7-8-9-22(25)14-15-28-24(26)18(2)19-10-11-21-17-23(27-3)13-12-20(21)16-19/h8,10-13,16-18H,4-7,14-15H2,1-3H3/t9?,18-/m0/s1. The van der Waals surface area contributed by atoms with Crippen molar-refractivity contribution in [1.29, 1.82) is 0 Å². The van der Waals surface area contributed by atoms with Crippen LogP contribution in [0, 0.1) is 0 Å². The molecule has 0 aliphatic rings. The third kappa shape index (κ3) is 6.74. The molecule has 2 rings (SSSR count). The molecule has 0 amide bonds. The van der Waals surface area contributed by atoms with Crippen molar-refractivity contribution in [3.05, 3.63) is 58.8 Å². The Balaban J connectivity index is 1.88. The first-order valence-corrected chi connectivity index (χ1v) is 10.3. The van der Waals surface area contributed by atoms with Crippen LogP contribution in [0.1, 0.15) is 57.4 Å². The van der Waals surface area contributed by atoms with E-state index in [1.165, 1.54) is 12.8 Å². The van der Waals surface area contributed by atoms with Gasteiger partial charge in [0.25, 0.3) is 0 Å². The number of unbranched alkanes of at least 4 members (excludes halogenated alkanes) is 3. The second kappa shape index (κ2) is 11.6. The largest absolute Gasteiger partial charge is 0.497 e. The number of halogens is 1. The first-order valence-electron chi connectivity index (χ1n) is 9.89. The fraction of sp³-hybridized carbons (Fsp3) is 0.417. The molecule has 0 unspecified atom stereocenters. The van der Waals surface area contributed by atoms with Crippen LogP contribution in [0.2, 0.25) is 0 Å². The Morgan fingerprint density at radius 3 is 2.68 bits per heavy atom. The molecule has 150 valence electrons. The number of ether oxygens (including phenoxy) is 2. The zero-order valence-corrected chi connectivity index (χ0v) is 17.7. The van der Waals surface area contributed by atoms with Crippen LogP contribution in [0.25, 0.3) is 10.8 Å². The Morgan fingerprint density at radius 2 is 1.93 bits per heavy atom. The summed E-state index contributed by atoms with van der Waals surface area (Å²) in [5.41, 5.74) is 3.99. The van der Waals surface area contributed by atoms with Crippen LogP contribution in [-0.2, 0) is 9.53 Å². The van der Waals surface area contributed by atoms with E-state index in [-0.39, 0.29) is 18.5 Å². The van der Waals surface area contributed by atoms with Gasteiger partial charge >= 0.3 is 5.97 Å². The van der Waals surface area contributed by atoms with E-state index in [9.17, 15) is 4.79 Å². The second-order valence-corrected chi connectivity index (χ2v) is 7.32. The van der Waals surface area contributed by atoms with Gasteiger partial charge in [0.15, 0.2) is 0 Å². The molecule has 28 heavy (non-hydrogen) atoms. The van der Waals surface area contributed by atoms with E-state index in [1.807, 2.05) is 49.4 Å². The Hall–Kier alpha value is -2.22. The smallest absolute Gasteiger partial charge is 0.313 e. The fourth-order valence-corrected chi connectivity index (χ4v) is 3.05. The van der Waals surface area contributed by atoms with Gasteiger partial charge < -0.3 is 9.47 Å². The Morgan fingerprint density at radius 1 is 1.18 bits per heavy atom. The van der Waals surface area contributed by atoms with Gasteiger partial charge in [-0.2, -0.15) is 0 Å². The second-order valence-electron chi connectivity index (χ2n) is 6.86. The molecule has 2 aromatic rings. The van der Waals surface area contributed by atoms with E-state index >= 15 is 0 Å². The molecule has 0 aromatic heterocycles. The molecule has 0 aliphatic heterocycles. The van der Waals surface area contributed by atoms with Gasteiger partial charge in [0.2, 0.25) is 0 Å². The average molecular weight is 401 g/mol. The van der Waals surface area contributed by atoms with Crippen molar-refractivity contribution in [2.24, 2.45) is 0 Å². The van der Waals surface area contributed by atoms with Gasteiger partial charge in [-0.1, -0.05) is 55.6 Å². The summed E-state index contributed by atoms with van der Waals surface area (Å²) in [4.78, 5) is 12.4. The SMILES string of the molecule is CCCCCC=C=C(Cl)CCOC(=O)[C@@H](C)c1ccc2cc(OC)ccc2c1. The normalized spacial score (nSPS) is 11.6. The maximum absolute atomic E-state index is 12.4. The molecule has 0 aliphatic carbocycles. The summed E-state index contributed by atoms with van der Waals surface area (Å²) < 4.78 is 10.7. The topological polar surface area (TPSA) is 35.5 Å². The molecule has 4 heteroatoms. The summed E-state index contributed by atoms with van der Waals surface area (Å²) in [6, 6.07) is 11.9. The predicted molar refractivity (Wildman–Crippen MR) is 116 cm³/mol. The predicted octanol–water partition coefficient (Wildman–Crippen LogP) is 6.74. The maximum Gasteiger partial charge on any atom is 0.313 e. The molecule has 0 N–H and O–H groups in total. The van der Waals surface area contributed by atoms with Gasteiger partial charge in [-0.3, -0.25) is 4.79 Å². The number of fused-ring (bicyclic) bond motifs is 1. The van der Waals surface area contributed by atoms with Gasteiger partial charge in [0.1, 0.15) is 5.75 Å². The molecule has 2 aromatic carbocycles. The van der Waals surface area contributed by atoms with Crippen molar-refractivity contribution < 1.29 is 14.3 Å². The van der Waals surface area contributed by atoms with Crippen LogP contribution < -0.4 is 4.74 Å². The third-order valence-electron chi connectivity index (χ3n) is 4.70. The lowest BCUT2D eigenvalue weighted by molar-refractivity contribution is -0.144. The van der Waals surface area contributed by atoms with Crippen LogP contribution in [0.3, 0.4) is 0 Å². The first-order chi connectivity index (χ1) is 13.5. The van der Waals surface area contributed by atoms with E-state index in [2.05, 4.69) is 12.7 Å². The minimum absolute atomic E-state index is 0.246. The van der Waals surface area contributed by atoms with Gasteiger partial charge in [-0.25, -0.2) is 0 Å². The van der Waals surface area contributed by atoms with E-state index in [0.29, 0.717) is 11.5 Å². The lowest BCUT2D eigenvalue weighted by Crippen LogP contribution is -2.14. The summed E-state index contributed by atoms with van der Waals surface area (Å²) in [5.74, 6) is 0.236. The van der Waals surface area contributed by atoms with Crippen LogP contribution in [0.15, 0.2) is 53.2 Å².